The molecule has 6 heteroatoms. The van der Waals surface area contributed by atoms with Gasteiger partial charge in [-0.05, 0) is 13.8 Å². The molecule has 0 aliphatic heterocycles. The van der Waals surface area contributed by atoms with Gasteiger partial charge in [0.05, 0.1) is 6.61 Å². The Bertz CT molecular complexity index is 317. The summed E-state index contributed by atoms with van der Waals surface area (Å²) in [6.07, 6.45) is 0. The smallest absolute Gasteiger partial charge is 0.145 e. The van der Waals surface area contributed by atoms with E-state index in [-0.39, 0.29) is 6.04 Å². The number of hydrogen-bond donors (Lipinski definition) is 3. The maximum Gasteiger partial charge on any atom is 0.145 e. The van der Waals surface area contributed by atoms with E-state index in [4.69, 9.17) is 10.6 Å². The maximum atomic E-state index is 5.28. The Morgan fingerprint density at radius 1 is 1.47 bits per heavy atom. The Balaban J connectivity index is 2.71. The molecule has 84 valence electrons. The van der Waals surface area contributed by atoms with Crippen molar-refractivity contribution in [1.29, 1.82) is 0 Å². The molecule has 1 unspecified atom stereocenters. The lowest BCUT2D eigenvalue weighted by molar-refractivity contribution is 0.190. The fraction of sp³-hybridized carbons (Fsp3) is 0.556. The number of hydrogen-bond acceptors (Lipinski definition) is 6. The van der Waals surface area contributed by atoms with Crippen molar-refractivity contribution in [2.24, 2.45) is 5.84 Å². The first-order valence-electron chi connectivity index (χ1n) is 4.73. The molecule has 1 aromatic rings. The van der Waals surface area contributed by atoms with E-state index in [1.54, 1.807) is 13.2 Å². The average molecular weight is 211 g/mol. The van der Waals surface area contributed by atoms with Gasteiger partial charge < -0.3 is 15.5 Å². The molecule has 0 radical (unpaired) electrons. The fourth-order valence-electron chi connectivity index (χ4n) is 1.26. The molecule has 1 atom stereocenters. The number of ether oxygens (including phenoxy) is 1. The number of methoxy groups -OCH3 is 1. The minimum absolute atomic E-state index is 0.190. The van der Waals surface area contributed by atoms with Gasteiger partial charge in [-0.1, -0.05) is 0 Å². The van der Waals surface area contributed by atoms with Crippen molar-refractivity contribution in [3.05, 3.63) is 11.9 Å². The van der Waals surface area contributed by atoms with Crippen molar-refractivity contribution < 1.29 is 4.74 Å². The highest BCUT2D eigenvalue weighted by Crippen LogP contribution is 2.10. The van der Waals surface area contributed by atoms with Crippen molar-refractivity contribution in [2.75, 3.05) is 24.5 Å². The molecule has 0 saturated heterocycles. The SMILES string of the molecule is COCC(C)Nc1cc(NN)nc(C)n1. The minimum atomic E-state index is 0.190. The molecule has 0 saturated carbocycles. The molecular formula is C9H17N5O. The minimum Gasteiger partial charge on any atom is -0.383 e. The summed E-state index contributed by atoms with van der Waals surface area (Å²) >= 11 is 0. The molecule has 0 spiro atoms. The average Bonchev–Trinajstić information content (AvgIpc) is 2.17. The van der Waals surface area contributed by atoms with Crippen LogP contribution in [0.4, 0.5) is 11.6 Å². The van der Waals surface area contributed by atoms with Crippen molar-refractivity contribution in [3.8, 4) is 0 Å². The second-order valence-electron chi connectivity index (χ2n) is 3.33. The molecule has 6 nitrogen and oxygen atoms in total. The van der Waals surface area contributed by atoms with Crippen LogP contribution in [-0.2, 0) is 4.74 Å². The van der Waals surface area contributed by atoms with E-state index < -0.39 is 0 Å². The monoisotopic (exact) mass is 211 g/mol. The molecule has 1 rings (SSSR count). The Kier molecular flexibility index (Phi) is 4.26. The van der Waals surface area contributed by atoms with E-state index in [1.807, 2.05) is 13.8 Å². The van der Waals surface area contributed by atoms with Gasteiger partial charge in [0.2, 0.25) is 0 Å². The second-order valence-corrected chi connectivity index (χ2v) is 3.33. The van der Waals surface area contributed by atoms with Gasteiger partial charge in [-0.25, -0.2) is 15.8 Å². The van der Waals surface area contributed by atoms with Crippen LogP contribution in [0.3, 0.4) is 0 Å². The van der Waals surface area contributed by atoms with Gasteiger partial charge in [0.15, 0.2) is 0 Å². The molecule has 0 amide bonds. The maximum absolute atomic E-state index is 5.28. The number of aryl methyl sites for hydroxylation is 1. The van der Waals surface area contributed by atoms with Gasteiger partial charge in [-0.3, -0.25) is 0 Å². The molecule has 0 aliphatic rings. The summed E-state index contributed by atoms with van der Waals surface area (Å²) in [6, 6.07) is 1.94. The van der Waals surface area contributed by atoms with Crippen molar-refractivity contribution in [3.63, 3.8) is 0 Å². The van der Waals surface area contributed by atoms with Gasteiger partial charge in [-0.15, -0.1) is 0 Å². The molecule has 4 N–H and O–H groups in total. The van der Waals surface area contributed by atoms with Gasteiger partial charge in [0, 0.05) is 19.2 Å². The summed E-state index contributed by atoms with van der Waals surface area (Å²) < 4.78 is 5.02. The first-order chi connectivity index (χ1) is 7.15. The van der Waals surface area contributed by atoms with Crippen molar-refractivity contribution >= 4 is 11.6 Å². The Morgan fingerprint density at radius 3 is 2.73 bits per heavy atom. The third kappa shape index (κ3) is 3.69. The number of anilines is 2. The molecule has 1 heterocycles. The zero-order valence-corrected chi connectivity index (χ0v) is 9.24. The third-order valence-electron chi connectivity index (χ3n) is 1.80. The standard InChI is InChI=1S/C9H17N5O/c1-6(5-15-3)11-8-4-9(14-10)13-7(2)12-8/h4,6H,5,10H2,1-3H3,(H2,11,12,13,14). The molecule has 0 bridgehead atoms. The van der Waals surface area contributed by atoms with E-state index in [0.29, 0.717) is 18.2 Å². The summed E-state index contributed by atoms with van der Waals surface area (Å²) in [6.45, 7) is 4.44. The van der Waals surface area contributed by atoms with Crippen LogP contribution < -0.4 is 16.6 Å². The molecule has 1 aromatic heterocycles. The van der Waals surface area contributed by atoms with E-state index in [1.165, 1.54) is 0 Å². The van der Waals surface area contributed by atoms with Crippen LogP contribution in [0.1, 0.15) is 12.7 Å². The first kappa shape index (κ1) is 11.7. The van der Waals surface area contributed by atoms with Crippen LogP contribution in [0.25, 0.3) is 0 Å². The lowest BCUT2D eigenvalue weighted by Crippen LogP contribution is -2.22. The van der Waals surface area contributed by atoms with Gasteiger partial charge in [-0.2, -0.15) is 0 Å². The Hall–Kier alpha value is -1.40. The predicted octanol–water partition coefficient (Wildman–Crippen LogP) is 0.517. The normalized spacial score (nSPS) is 12.3. The summed E-state index contributed by atoms with van der Waals surface area (Å²) in [5, 5.41) is 3.19. The third-order valence-corrected chi connectivity index (χ3v) is 1.80. The van der Waals surface area contributed by atoms with Crippen LogP contribution in [0.15, 0.2) is 6.07 Å². The quantitative estimate of drug-likeness (QED) is 0.486. The number of nitrogens with zero attached hydrogens (tertiary/aromatic N) is 2. The molecular weight excluding hydrogens is 194 g/mol. The zero-order chi connectivity index (χ0) is 11.3. The van der Waals surface area contributed by atoms with Crippen molar-refractivity contribution in [2.45, 2.75) is 19.9 Å². The summed E-state index contributed by atoms with van der Waals surface area (Å²) in [7, 11) is 1.66. The van der Waals surface area contributed by atoms with Crippen LogP contribution in [0.2, 0.25) is 0 Å². The van der Waals surface area contributed by atoms with Crippen LogP contribution in [-0.4, -0.2) is 29.7 Å². The fourth-order valence-corrected chi connectivity index (χ4v) is 1.26. The molecule has 0 fully saturated rings. The number of nitrogens with one attached hydrogen (secondary N) is 2. The van der Waals surface area contributed by atoms with Crippen LogP contribution in [0.5, 0.6) is 0 Å². The zero-order valence-electron chi connectivity index (χ0n) is 9.24. The highest BCUT2D eigenvalue weighted by Gasteiger charge is 2.04. The number of rotatable bonds is 5. The van der Waals surface area contributed by atoms with Gasteiger partial charge >= 0.3 is 0 Å². The second kappa shape index (κ2) is 5.47. The topological polar surface area (TPSA) is 85.1 Å². The molecule has 0 aromatic carbocycles. The van der Waals surface area contributed by atoms with Gasteiger partial charge in [0.1, 0.15) is 17.5 Å². The molecule has 15 heavy (non-hydrogen) atoms. The molecule has 0 aliphatic carbocycles. The Morgan fingerprint density at radius 2 is 2.13 bits per heavy atom. The van der Waals surface area contributed by atoms with Crippen molar-refractivity contribution in [1.82, 2.24) is 9.97 Å². The number of hydrazine groups is 1. The largest absolute Gasteiger partial charge is 0.383 e. The Labute approximate surface area is 89.2 Å². The lowest BCUT2D eigenvalue weighted by Gasteiger charge is -2.14. The number of nitrogen functional groups attached to an aromatic ring is 1. The number of nitrogens with two attached hydrogens (primary N) is 1. The summed E-state index contributed by atoms with van der Waals surface area (Å²) in [4.78, 5) is 8.32. The van der Waals surface area contributed by atoms with E-state index >= 15 is 0 Å². The van der Waals surface area contributed by atoms with Gasteiger partial charge in [0.25, 0.3) is 0 Å². The summed E-state index contributed by atoms with van der Waals surface area (Å²) in [5.41, 5.74) is 2.49. The first-order valence-corrected chi connectivity index (χ1v) is 4.73. The van der Waals surface area contributed by atoms with Crippen LogP contribution >= 0.6 is 0 Å². The lowest BCUT2D eigenvalue weighted by atomic mass is 10.3. The highest BCUT2D eigenvalue weighted by atomic mass is 16.5. The highest BCUT2D eigenvalue weighted by molar-refractivity contribution is 5.47. The number of aromatic nitrogens is 2. The van der Waals surface area contributed by atoms with E-state index in [9.17, 15) is 0 Å². The van der Waals surface area contributed by atoms with E-state index in [0.717, 1.165) is 5.82 Å². The summed E-state index contributed by atoms with van der Waals surface area (Å²) in [5.74, 6) is 7.28. The van der Waals surface area contributed by atoms with E-state index in [2.05, 4.69) is 20.7 Å². The predicted molar refractivity (Wildman–Crippen MR) is 59.5 cm³/mol. The van der Waals surface area contributed by atoms with Crippen LogP contribution in [0, 0.1) is 6.92 Å².